The summed E-state index contributed by atoms with van der Waals surface area (Å²) >= 11 is 0. The van der Waals surface area contributed by atoms with E-state index in [1.807, 2.05) is 36.4 Å². The van der Waals surface area contributed by atoms with E-state index in [1.54, 1.807) is 0 Å². The second kappa shape index (κ2) is 10.3. The van der Waals surface area contributed by atoms with Crippen molar-refractivity contribution in [3.05, 3.63) is 59.7 Å². The molecule has 2 aromatic rings. The van der Waals surface area contributed by atoms with Crippen LogP contribution in [0.3, 0.4) is 0 Å². The molecule has 4 rings (SSSR count). The van der Waals surface area contributed by atoms with Crippen LogP contribution >= 0.6 is 0 Å². The van der Waals surface area contributed by atoms with Crippen molar-refractivity contribution in [2.24, 2.45) is 5.92 Å². The van der Waals surface area contributed by atoms with E-state index in [9.17, 15) is 19.2 Å². The number of amides is 3. The van der Waals surface area contributed by atoms with Crippen LogP contribution < -0.4 is 16.0 Å². The summed E-state index contributed by atoms with van der Waals surface area (Å²) < 4.78 is 10.6. The summed E-state index contributed by atoms with van der Waals surface area (Å²) in [6.45, 7) is -0.0632. The van der Waals surface area contributed by atoms with Crippen LogP contribution in [-0.4, -0.2) is 67.9 Å². The van der Waals surface area contributed by atoms with Gasteiger partial charge in [-0.05, 0) is 22.3 Å². The molecule has 1 heterocycles. The number of carbonyl (C=O) groups is 4. The highest BCUT2D eigenvalue weighted by Gasteiger charge is 2.40. The minimum atomic E-state index is -1.17. The summed E-state index contributed by atoms with van der Waals surface area (Å²) in [5.74, 6) is -3.39. The third-order valence-corrected chi connectivity index (χ3v) is 5.91. The lowest BCUT2D eigenvalue weighted by Crippen LogP contribution is -2.46. The van der Waals surface area contributed by atoms with Crippen LogP contribution in [0.5, 0.6) is 0 Å². The third-order valence-electron chi connectivity index (χ3n) is 5.91. The summed E-state index contributed by atoms with van der Waals surface area (Å²) in [7, 11) is 0. The van der Waals surface area contributed by atoms with Gasteiger partial charge in [-0.15, -0.1) is 0 Å². The standard InChI is InChI=1S/C24H25N3O7/c28-20(27-21-18(23(30)31)11-26-22(21)29)13-33-10-9-25-24(32)34-12-19-16-7-3-1-5-14(16)15-6-2-4-8-17(15)19/h1-8,18-19,21H,9-13H2,(H,25,32)(H,26,29)(H,27,28)(H,30,31). The molecule has 0 aromatic heterocycles. The van der Waals surface area contributed by atoms with Crippen LogP contribution in [0.2, 0.25) is 0 Å². The number of rotatable bonds is 9. The Balaban J connectivity index is 1.16. The summed E-state index contributed by atoms with van der Waals surface area (Å²) in [6.07, 6.45) is -0.596. The highest BCUT2D eigenvalue weighted by molar-refractivity contribution is 5.94. The van der Waals surface area contributed by atoms with Gasteiger partial charge in [0.1, 0.15) is 25.2 Å². The molecule has 178 valence electrons. The summed E-state index contributed by atoms with van der Waals surface area (Å²) in [6, 6.07) is 15.0. The van der Waals surface area contributed by atoms with Gasteiger partial charge in [0.05, 0.1) is 6.61 Å². The van der Waals surface area contributed by atoms with Gasteiger partial charge in [0.25, 0.3) is 0 Å². The highest BCUT2D eigenvalue weighted by Crippen LogP contribution is 2.44. The number of hydrogen-bond donors (Lipinski definition) is 4. The Hall–Kier alpha value is -3.92. The Morgan fingerprint density at radius 3 is 2.32 bits per heavy atom. The van der Waals surface area contributed by atoms with Gasteiger partial charge >= 0.3 is 12.1 Å². The zero-order chi connectivity index (χ0) is 24.1. The van der Waals surface area contributed by atoms with Crippen molar-refractivity contribution in [2.45, 2.75) is 12.0 Å². The molecule has 2 unspecified atom stereocenters. The van der Waals surface area contributed by atoms with Crippen molar-refractivity contribution >= 4 is 23.9 Å². The molecule has 10 nitrogen and oxygen atoms in total. The third kappa shape index (κ3) is 5.01. The quantitative estimate of drug-likeness (QED) is 0.401. The molecule has 10 heteroatoms. The average Bonchev–Trinajstić information content (AvgIpc) is 3.35. The first kappa shape index (κ1) is 23.2. The van der Waals surface area contributed by atoms with Crippen molar-refractivity contribution in [1.82, 2.24) is 16.0 Å². The van der Waals surface area contributed by atoms with E-state index in [4.69, 9.17) is 14.6 Å². The number of hydrogen-bond acceptors (Lipinski definition) is 6. The zero-order valence-electron chi connectivity index (χ0n) is 18.3. The lowest BCUT2D eigenvalue weighted by atomic mass is 9.98. The van der Waals surface area contributed by atoms with Gasteiger partial charge in [-0.25, -0.2) is 4.79 Å². The maximum Gasteiger partial charge on any atom is 0.407 e. The van der Waals surface area contributed by atoms with Gasteiger partial charge in [0, 0.05) is 19.0 Å². The molecule has 0 spiro atoms. The molecule has 0 radical (unpaired) electrons. The first-order chi connectivity index (χ1) is 16.5. The normalized spacial score (nSPS) is 18.5. The van der Waals surface area contributed by atoms with Crippen LogP contribution in [0.15, 0.2) is 48.5 Å². The van der Waals surface area contributed by atoms with Crippen LogP contribution in [0.1, 0.15) is 17.0 Å². The van der Waals surface area contributed by atoms with Gasteiger partial charge in [0.2, 0.25) is 11.8 Å². The Labute approximate surface area is 195 Å². The molecule has 0 bridgehead atoms. The molecule has 34 heavy (non-hydrogen) atoms. The number of fused-ring (bicyclic) bond motifs is 3. The van der Waals surface area contributed by atoms with Crippen LogP contribution in [0, 0.1) is 5.92 Å². The van der Waals surface area contributed by atoms with E-state index in [2.05, 4.69) is 28.1 Å². The number of aliphatic carboxylic acids is 1. The second-order valence-electron chi connectivity index (χ2n) is 8.04. The van der Waals surface area contributed by atoms with Gasteiger partial charge in [0.15, 0.2) is 0 Å². The molecule has 2 aromatic carbocycles. The van der Waals surface area contributed by atoms with E-state index < -0.39 is 35.8 Å². The van der Waals surface area contributed by atoms with Crippen molar-refractivity contribution in [2.75, 3.05) is 32.9 Å². The molecule has 2 atom stereocenters. The second-order valence-corrected chi connectivity index (χ2v) is 8.04. The van der Waals surface area contributed by atoms with Gasteiger partial charge < -0.3 is 30.5 Å². The SMILES string of the molecule is O=C(COCCNC(=O)OCC1c2ccccc2-c2ccccc21)NC1C(=O)NCC1C(=O)O. The molecule has 0 saturated carbocycles. The number of benzene rings is 2. The van der Waals surface area contributed by atoms with E-state index in [1.165, 1.54) is 0 Å². The zero-order valence-corrected chi connectivity index (χ0v) is 18.3. The van der Waals surface area contributed by atoms with Crippen molar-refractivity contribution < 1.29 is 33.8 Å². The number of alkyl carbamates (subject to hydrolysis) is 1. The van der Waals surface area contributed by atoms with Crippen molar-refractivity contribution in [3.8, 4) is 11.1 Å². The minimum Gasteiger partial charge on any atom is -0.481 e. The smallest absolute Gasteiger partial charge is 0.407 e. The number of carboxylic acids is 1. The average molecular weight is 467 g/mol. The molecule has 4 N–H and O–H groups in total. The van der Waals surface area contributed by atoms with Gasteiger partial charge in [-0.3, -0.25) is 14.4 Å². The van der Waals surface area contributed by atoms with Crippen LogP contribution in [-0.2, 0) is 23.9 Å². The highest BCUT2D eigenvalue weighted by atomic mass is 16.5. The number of ether oxygens (including phenoxy) is 2. The fraction of sp³-hybridized carbons (Fsp3) is 0.333. The first-order valence-corrected chi connectivity index (χ1v) is 10.9. The summed E-state index contributed by atoms with van der Waals surface area (Å²) in [4.78, 5) is 46.9. The Morgan fingerprint density at radius 2 is 1.68 bits per heavy atom. The monoisotopic (exact) mass is 467 g/mol. The molecular weight excluding hydrogens is 442 g/mol. The first-order valence-electron chi connectivity index (χ1n) is 10.9. The number of nitrogens with one attached hydrogen (secondary N) is 3. The largest absolute Gasteiger partial charge is 0.481 e. The van der Waals surface area contributed by atoms with E-state index in [0.717, 1.165) is 22.3 Å². The molecule has 1 aliphatic carbocycles. The molecule has 1 saturated heterocycles. The maximum absolute atomic E-state index is 12.1. The molecule has 2 aliphatic rings. The number of carbonyl (C=O) groups excluding carboxylic acids is 3. The molecular formula is C24H25N3O7. The fourth-order valence-electron chi connectivity index (χ4n) is 4.27. The van der Waals surface area contributed by atoms with Crippen LogP contribution in [0.25, 0.3) is 11.1 Å². The lowest BCUT2D eigenvalue weighted by Gasteiger charge is -2.15. The Bertz CT molecular complexity index is 1060. The predicted molar refractivity (Wildman–Crippen MR) is 120 cm³/mol. The van der Waals surface area contributed by atoms with Crippen molar-refractivity contribution in [1.29, 1.82) is 0 Å². The summed E-state index contributed by atoms with van der Waals surface area (Å²) in [5.41, 5.74) is 4.52. The van der Waals surface area contributed by atoms with Crippen molar-refractivity contribution in [3.63, 3.8) is 0 Å². The molecule has 3 amide bonds. The Kier molecular flexibility index (Phi) is 7.07. The van der Waals surface area contributed by atoms with Crippen LogP contribution in [0.4, 0.5) is 4.79 Å². The Morgan fingerprint density at radius 1 is 1.03 bits per heavy atom. The minimum absolute atomic E-state index is 0.0377. The fourth-order valence-corrected chi connectivity index (χ4v) is 4.27. The molecule has 1 fully saturated rings. The molecule has 1 aliphatic heterocycles. The van der Waals surface area contributed by atoms with E-state index >= 15 is 0 Å². The summed E-state index contributed by atoms with van der Waals surface area (Å²) in [5, 5.41) is 16.4. The maximum atomic E-state index is 12.1. The van der Waals surface area contributed by atoms with E-state index in [-0.39, 0.29) is 38.8 Å². The topological polar surface area (TPSA) is 143 Å². The van der Waals surface area contributed by atoms with Gasteiger partial charge in [-0.2, -0.15) is 0 Å². The predicted octanol–water partition coefficient (Wildman–Crippen LogP) is 0.857. The van der Waals surface area contributed by atoms with E-state index in [0.29, 0.717) is 0 Å². The van der Waals surface area contributed by atoms with Gasteiger partial charge in [-0.1, -0.05) is 48.5 Å². The number of carboxylic acid groups (broad SMARTS) is 1. The lowest BCUT2D eigenvalue weighted by molar-refractivity contribution is -0.143.